The van der Waals surface area contributed by atoms with Crippen LogP contribution in [-0.2, 0) is 4.74 Å². The number of anilines is 1. The molecule has 0 spiro atoms. The minimum Gasteiger partial charge on any atom is -0.449 e. The Bertz CT molecular complexity index is 1540. The lowest BCUT2D eigenvalue weighted by atomic mass is 9.99. The van der Waals surface area contributed by atoms with Gasteiger partial charge in [-0.3, -0.25) is 19.7 Å². The summed E-state index contributed by atoms with van der Waals surface area (Å²) in [7, 11) is 0. The number of non-ortho nitro benzene ring substituents is 1. The lowest BCUT2D eigenvalue weighted by molar-refractivity contribution is -0.384. The van der Waals surface area contributed by atoms with E-state index in [4.69, 9.17) is 4.74 Å². The van der Waals surface area contributed by atoms with Gasteiger partial charge in [0.1, 0.15) is 0 Å². The fraction of sp³-hybridized carbons (Fsp3) is 0.100. The SMILES string of the molecule is Cc1ccccc1C(=O)Nc1ccccc1C(=O)O[C@H](C(=O)c1ccccc1)[C@H](Br)c1cccc([N+](=O)[O-])c1. The van der Waals surface area contributed by atoms with Crippen LogP contribution < -0.4 is 5.32 Å². The number of carbonyl (C=O) groups excluding carboxylic acids is 3. The third kappa shape index (κ3) is 6.45. The molecule has 39 heavy (non-hydrogen) atoms. The Balaban J connectivity index is 1.66. The van der Waals surface area contributed by atoms with Gasteiger partial charge in [-0.2, -0.15) is 0 Å². The molecular formula is C30H23BrN2O6. The summed E-state index contributed by atoms with van der Waals surface area (Å²) < 4.78 is 5.76. The Morgan fingerprint density at radius 1 is 0.846 bits per heavy atom. The largest absolute Gasteiger partial charge is 0.449 e. The van der Waals surface area contributed by atoms with Gasteiger partial charge in [0.15, 0.2) is 6.10 Å². The minimum absolute atomic E-state index is 0.0454. The Morgan fingerprint density at radius 2 is 1.49 bits per heavy atom. The van der Waals surface area contributed by atoms with Crippen LogP contribution in [0.1, 0.15) is 47.0 Å². The maximum atomic E-state index is 13.5. The molecule has 2 atom stereocenters. The van der Waals surface area contributed by atoms with Gasteiger partial charge in [-0.25, -0.2) is 4.79 Å². The van der Waals surface area contributed by atoms with E-state index in [0.29, 0.717) is 16.7 Å². The van der Waals surface area contributed by atoms with Gasteiger partial charge in [-0.1, -0.05) is 88.7 Å². The van der Waals surface area contributed by atoms with Crippen LogP contribution in [0.4, 0.5) is 11.4 Å². The van der Waals surface area contributed by atoms with E-state index in [1.54, 1.807) is 79.7 Å². The van der Waals surface area contributed by atoms with Crippen molar-refractivity contribution in [3.63, 3.8) is 0 Å². The number of nitro benzene ring substituents is 1. The number of Topliss-reactive ketones (excluding diaryl/α,β-unsaturated/α-hetero) is 1. The van der Waals surface area contributed by atoms with Crippen LogP contribution in [0.3, 0.4) is 0 Å². The average molecular weight is 587 g/mol. The fourth-order valence-corrected chi connectivity index (χ4v) is 4.60. The number of benzene rings is 4. The molecule has 0 aliphatic rings. The second-order valence-corrected chi connectivity index (χ2v) is 9.61. The molecule has 1 N–H and O–H groups in total. The summed E-state index contributed by atoms with van der Waals surface area (Å²) in [5, 5.41) is 14.1. The molecule has 0 radical (unpaired) electrons. The van der Waals surface area contributed by atoms with Gasteiger partial charge < -0.3 is 10.1 Å². The Hall–Kier alpha value is -4.63. The summed E-state index contributed by atoms with van der Waals surface area (Å²) in [6.45, 7) is 1.80. The Morgan fingerprint density at radius 3 is 2.18 bits per heavy atom. The van der Waals surface area contributed by atoms with Crippen LogP contribution in [0.2, 0.25) is 0 Å². The lowest BCUT2D eigenvalue weighted by Crippen LogP contribution is -2.32. The van der Waals surface area contributed by atoms with E-state index in [0.717, 1.165) is 5.56 Å². The normalized spacial score (nSPS) is 12.2. The molecule has 1 amide bonds. The predicted octanol–water partition coefficient (Wildman–Crippen LogP) is 6.70. The van der Waals surface area contributed by atoms with E-state index in [9.17, 15) is 24.5 Å². The van der Waals surface area contributed by atoms with Crippen LogP contribution in [0.25, 0.3) is 0 Å². The zero-order valence-electron chi connectivity index (χ0n) is 20.7. The first-order chi connectivity index (χ1) is 18.8. The quantitative estimate of drug-likeness (QED) is 0.0766. The first-order valence-corrected chi connectivity index (χ1v) is 12.8. The topological polar surface area (TPSA) is 116 Å². The van der Waals surface area contributed by atoms with Crippen molar-refractivity contribution in [3.8, 4) is 0 Å². The van der Waals surface area contributed by atoms with Gasteiger partial charge in [0.05, 0.1) is 21.0 Å². The molecule has 8 nitrogen and oxygen atoms in total. The molecule has 0 aliphatic carbocycles. The molecule has 9 heteroatoms. The number of halogens is 1. The second kappa shape index (κ2) is 12.3. The molecule has 0 bridgehead atoms. The molecular weight excluding hydrogens is 564 g/mol. The highest BCUT2D eigenvalue weighted by Crippen LogP contribution is 2.33. The van der Waals surface area contributed by atoms with Crippen molar-refractivity contribution < 1.29 is 24.0 Å². The second-order valence-electron chi connectivity index (χ2n) is 8.62. The molecule has 196 valence electrons. The van der Waals surface area contributed by atoms with Crippen molar-refractivity contribution in [3.05, 3.63) is 141 Å². The summed E-state index contributed by atoms with van der Waals surface area (Å²) >= 11 is 3.44. The number of ketones is 1. The number of carbonyl (C=O) groups is 3. The van der Waals surface area contributed by atoms with Gasteiger partial charge in [-0.05, 0) is 36.2 Å². The molecule has 0 saturated carbocycles. The zero-order chi connectivity index (χ0) is 27.9. The molecule has 4 rings (SSSR count). The third-order valence-corrected chi connectivity index (χ3v) is 7.01. The van der Waals surface area contributed by atoms with E-state index in [1.165, 1.54) is 24.3 Å². The number of nitro groups is 1. The fourth-order valence-electron chi connectivity index (χ4n) is 3.96. The summed E-state index contributed by atoms with van der Waals surface area (Å²) in [4.78, 5) is 49.8. The van der Waals surface area contributed by atoms with Crippen LogP contribution in [-0.4, -0.2) is 28.7 Å². The number of aryl methyl sites for hydroxylation is 1. The number of rotatable bonds is 9. The van der Waals surface area contributed by atoms with Crippen molar-refractivity contribution in [2.24, 2.45) is 0 Å². The Kier molecular flexibility index (Phi) is 8.63. The van der Waals surface area contributed by atoms with Crippen molar-refractivity contribution in [1.82, 2.24) is 0 Å². The molecule has 0 aliphatic heterocycles. The Labute approximate surface area is 232 Å². The molecule has 0 heterocycles. The average Bonchev–Trinajstić information content (AvgIpc) is 2.96. The highest BCUT2D eigenvalue weighted by Gasteiger charge is 2.34. The van der Waals surface area contributed by atoms with Crippen molar-refractivity contribution in [1.29, 1.82) is 0 Å². The van der Waals surface area contributed by atoms with E-state index < -0.39 is 33.5 Å². The molecule has 4 aromatic carbocycles. The van der Waals surface area contributed by atoms with Gasteiger partial charge in [0.25, 0.3) is 11.6 Å². The number of esters is 1. The summed E-state index contributed by atoms with van der Waals surface area (Å²) in [5.41, 5.74) is 1.98. The minimum atomic E-state index is -1.37. The molecule has 0 aromatic heterocycles. The van der Waals surface area contributed by atoms with Crippen molar-refractivity contribution in [2.75, 3.05) is 5.32 Å². The maximum Gasteiger partial charge on any atom is 0.341 e. The zero-order valence-corrected chi connectivity index (χ0v) is 22.3. The summed E-state index contributed by atoms with van der Waals surface area (Å²) in [6, 6.07) is 27.4. The van der Waals surface area contributed by atoms with Gasteiger partial charge in [-0.15, -0.1) is 0 Å². The number of ether oxygens (including phenoxy) is 1. The van der Waals surface area contributed by atoms with E-state index in [1.807, 2.05) is 6.07 Å². The molecule has 4 aromatic rings. The maximum absolute atomic E-state index is 13.5. The third-order valence-electron chi connectivity index (χ3n) is 6.00. The van der Waals surface area contributed by atoms with Crippen LogP contribution >= 0.6 is 15.9 Å². The van der Waals surface area contributed by atoms with Crippen molar-refractivity contribution in [2.45, 2.75) is 17.9 Å². The predicted molar refractivity (Wildman–Crippen MR) is 150 cm³/mol. The first kappa shape index (κ1) is 27.4. The number of alkyl halides is 1. The van der Waals surface area contributed by atoms with Gasteiger partial charge >= 0.3 is 5.97 Å². The molecule has 0 unspecified atom stereocenters. The number of para-hydroxylation sites is 1. The smallest absolute Gasteiger partial charge is 0.341 e. The summed E-state index contributed by atoms with van der Waals surface area (Å²) in [6.07, 6.45) is -1.37. The highest BCUT2D eigenvalue weighted by molar-refractivity contribution is 9.09. The standard InChI is InChI=1S/C30H23BrN2O6/c1-19-10-5-6-15-23(19)29(35)32-25-17-8-7-16-24(25)30(36)39-28(27(34)20-11-3-2-4-12-20)26(31)21-13-9-14-22(18-21)33(37)38/h2-18,26,28H,1H3,(H,32,35)/t26-,28+/m1/s1. The number of nitrogens with one attached hydrogen (secondary N) is 1. The van der Waals surface area contributed by atoms with Crippen LogP contribution in [0.15, 0.2) is 103 Å². The number of hydrogen-bond acceptors (Lipinski definition) is 6. The van der Waals surface area contributed by atoms with E-state index >= 15 is 0 Å². The lowest BCUT2D eigenvalue weighted by Gasteiger charge is -2.23. The number of hydrogen-bond donors (Lipinski definition) is 1. The van der Waals surface area contributed by atoms with Gasteiger partial charge in [0, 0.05) is 23.3 Å². The van der Waals surface area contributed by atoms with Crippen molar-refractivity contribution >= 4 is 45.0 Å². The monoisotopic (exact) mass is 586 g/mol. The first-order valence-electron chi connectivity index (χ1n) is 11.9. The molecule has 0 saturated heterocycles. The van der Waals surface area contributed by atoms with Gasteiger partial charge in [0.2, 0.25) is 5.78 Å². The number of nitrogens with zero attached hydrogens (tertiary/aromatic N) is 1. The summed E-state index contributed by atoms with van der Waals surface area (Å²) in [5.74, 6) is -1.75. The van der Waals surface area contributed by atoms with E-state index in [2.05, 4.69) is 21.2 Å². The van der Waals surface area contributed by atoms with Crippen LogP contribution in [0, 0.1) is 17.0 Å². The van der Waals surface area contributed by atoms with Crippen LogP contribution in [0.5, 0.6) is 0 Å². The highest BCUT2D eigenvalue weighted by atomic mass is 79.9. The molecule has 0 fully saturated rings. The number of amides is 1. The van der Waals surface area contributed by atoms with E-state index in [-0.39, 0.29) is 16.9 Å².